The van der Waals surface area contributed by atoms with Gasteiger partial charge in [-0.3, -0.25) is 0 Å². The lowest BCUT2D eigenvalue weighted by Gasteiger charge is -2.00. The summed E-state index contributed by atoms with van der Waals surface area (Å²) in [7, 11) is 1.90. The number of rotatable bonds is 2. The number of nitrogens with zero attached hydrogens (tertiary/aromatic N) is 5. The smallest absolute Gasteiger partial charge is 0.197 e. The molecular weight excluding hydrogens is 234 g/mol. The van der Waals surface area contributed by atoms with Crippen molar-refractivity contribution in [1.29, 1.82) is 0 Å². The van der Waals surface area contributed by atoms with E-state index in [4.69, 9.17) is 11.6 Å². The summed E-state index contributed by atoms with van der Waals surface area (Å²) in [6, 6.07) is 1.69. The second kappa shape index (κ2) is 4.16. The maximum Gasteiger partial charge on any atom is 0.197 e. The third-order valence-electron chi connectivity index (χ3n) is 1.86. The molecule has 78 valence electrons. The Morgan fingerprint density at radius 3 is 2.73 bits per heavy atom. The molecular formula is C8H8ClN5S. The van der Waals surface area contributed by atoms with E-state index in [1.54, 1.807) is 6.07 Å². The van der Waals surface area contributed by atoms with Crippen molar-refractivity contribution < 1.29 is 0 Å². The minimum Gasteiger partial charge on any atom is -0.309 e. The van der Waals surface area contributed by atoms with E-state index in [-0.39, 0.29) is 0 Å². The van der Waals surface area contributed by atoms with Gasteiger partial charge in [-0.1, -0.05) is 11.6 Å². The summed E-state index contributed by atoms with van der Waals surface area (Å²) < 4.78 is 1.89. The second-order valence-corrected chi connectivity index (χ2v) is 4.24. The fraction of sp³-hybridized carbons (Fsp3) is 0.250. The van der Waals surface area contributed by atoms with Crippen LogP contribution in [0.4, 0.5) is 0 Å². The van der Waals surface area contributed by atoms with Gasteiger partial charge < -0.3 is 4.57 Å². The first kappa shape index (κ1) is 10.4. The number of aryl methyl sites for hydroxylation is 1. The number of aromatic nitrogens is 5. The van der Waals surface area contributed by atoms with Crippen molar-refractivity contribution in [1.82, 2.24) is 24.7 Å². The van der Waals surface area contributed by atoms with Gasteiger partial charge in [0.2, 0.25) is 0 Å². The van der Waals surface area contributed by atoms with Gasteiger partial charge in [0.05, 0.1) is 0 Å². The topological polar surface area (TPSA) is 56.5 Å². The maximum absolute atomic E-state index is 5.75. The predicted octanol–water partition coefficient (Wildman–Crippen LogP) is 1.72. The van der Waals surface area contributed by atoms with Crippen LogP contribution in [0.25, 0.3) is 0 Å². The number of hydrogen-bond donors (Lipinski definition) is 0. The van der Waals surface area contributed by atoms with Crippen molar-refractivity contribution in [2.45, 2.75) is 17.1 Å². The maximum atomic E-state index is 5.75. The quantitative estimate of drug-likeness (QED) is 0.750. The van der Waals surface area contributed by atoms with Crippen molar-refractivity contribution in [3.63, 3.8) is 0 Å². The van der Waals surface area contributed by atoms with Gasteiger partial charge in [0.15, 0.2) is 5.16 Å². The summed E-state index contributed by atoms with van der Waals surface area (Å²) in [6.45, 7) is 1.89. The predicted molar refractivity (Wildman–Crippen MR) is 56.9 cm³/mol. The minimum absolute atomic E-state index is 0.423. The Balaban J connectivity index is 2.26. The van der Waals surface area contributed by atoms with Gasteiger partial charge in [0.1, 0.15) is 22.3 Å². The van der Waals surface area contributed by atoms with E-state index in [1.165, 1.54) is 18.1 Å². The van der Waals surface area contributed by atoms with E-state index in [9.17, 15) is 0 Å². The summed E-state index contributed by atoms with van der Waals surface area (Å²) >= 11 is 7.15. The molecule has 0 saturated heterocycles. The second-order valence-electron chi connectivity index (χ2n) is 2.87. The molecule has 0 aliphatic carbocycles. The first-order valence-corrected chi connectivity index (χ1v) is 5.37. The Labute approximate surface area is 95.9 Å². The Kier molecular flexibility index (Phi) is 2.88. The SMILES string of the molecule is Cc1nnc(Sc2cc(Cl)ncn2)n1C. The molecule has 0 spiro atoms. The summed E-state index contributed by atoms with van der Waals surface area (Å²) in [6.07, 6.45) is 1.42. The molecule has 7 heteroatoms. The van der Waals surface area contributed by atoms with Gasteiger partial charge in [-0.2, -0.15) is 0 Å². The van der Waals surface area contributed by atoms with Crippen LogP contribution in [0, 0.1) is 6.92 Å². The molecule has 0 saturated carbocycles. The van der Waals surface area contributed by atoms with Crippen LogP contribution in [0.2, 0.25) is 5.15 Å². The number of halogens is 1. The standard InChI is InChI=1S/C8H8ClN5S/c1-5-12-13-8(14(5)2)15-7-3-6(9)10-4-11-7/h3-4H,1-2H3. The van der Waals surface area contributed by atoms with Crippen molar-refractivity contribution in [2.24, 2.45) is 7.05 Å². The molecule has 0 unspecified atom stereocenters. The zero-order valence-corrected chi connectivity index (χ0v) is 9.75. The van der Waals surface area contributed by atoms with Gasteiger partial charge in [-0.25, -0.2) is 9.97 Å². The Morgan fingerprint density at radius 1 is 1.33 bits per heavy atom. The molecule has 0 bridgehead atoms. The van der Waals surface area contributed by atoms with E-state index in [0.717, 1.165) is 16.0 Å². The molecule has 2 aromatic heterocycles. The summed E-state index contributed by atoms with van der Waals surface area (Å²) in [4.78, 5) is 7.88. The van der Waals surface area contributed by atoms with Gasteiger partial charge in [0, 0.05) is 13.1 Å². The zero-order chi connectivity index (χ0) is 10.8. The first-order valence-electron chi connectivity index (χ1n) is 4.18. The van der Waals surface area contributed by atoms with Crippen LogP contribution in [0.5, 0.6) is 0 Å². The first-order chi connectivity index (χ1) is 7.16. The molecule has 0 aliphatic rings. The lowest BCUT2D eigenvalue weighted by molar-refractivity contribution is 0.764. The Bertz CT molecular complexity index is 484. The molecule has 5 nitrogen and oxygen atoms in total. The largest absolute Gasteiger partial charge is 0.309 e. The van der Waals surface area contributed by atoms with Crippen molar-refractivity contribution in [2.75, 3.05) is 0 Å². The molecule has 0 aromatic carbocycles. The average Bonchev–Trinajstić information content (AvgIpc) is 2.50. The van der Waals surface area contributed by atoms with Gasteiger partial charge in [-0.05, 0) is 18.7 Å². The highest BCUT2D eigenvalue weighted by Crippen LogP contribution is 2.24. The molecule has 0 aliphatic heterocycles. The third-order valence-corrected chi connectivity index (χ3v) is 3.03. The highest BCUT2D eigenvalue weighted by atomic mass is 35.5. The third kappa shape index (κ3) is 2.27. The Morgan fingerprint density at radius 2 is 2.13 bits per heavy atom. The fourth-order valence-electron chi connectivity index (χ4n) is 0.943. The molecule has 2 aromatic rings. The van der Waals surface area contributed by atoms with Crippen LogP contribution >= 0.6 is 23.4 Å². The number of hydrogen-bond acceptors (Lipinski definition) is 5. The Hall–Kier alpha value is -1.14. The molecule has 0 N–H and O–H groups in total. The molecule has 0 atom stereocenters. The fourth-order valence-corrected chi connectivity index (χ4v) is 1.96. The van der Waals surface area contributed by atoms with Crippen molar-refractivity contribution in [3.05, 3.63) is 23.4 Å². The van der Waals surface area contributed by atoms with Crippen LogP contribution in [0.1, 0.15) is 5.82 Å². The lowest BCUT2D eigenvalue weighted by atomic mass is 10.7. The molecule has 0 radical (unpaired) electrons. The van der Waals surface area contributed by atoms with E-state index < -0.39 is 0 Å². The molecule has 2 rings (SSSR count). The molecule has 2 heterocycles. The van der Waals surface area contributed by atoms with Crippen LogP contribution in [0.15, 0.2) is 22.6 Å². The van der Waals surface area contributed by atoms with Crippen molar-refractivity contribution in [3.8, 4) is 0 Å². The van der Waals surface area contributed by atoms with Gasteiger partial charge in [0.25, 0.3) is 0 Å². The zero-order valence-electron chi connectivity index (χ0n) is 8.18. The van der Waals surface area contributed by atoms with E-state index >= 15 is 0 Å². The summed E-state index contributed by atoms with van der Waals surface area (Å²) in [5, 5.41) is 9.92. The molecule has 0 amide bonds. The molecule has 0 fully saturated rings. The van der Waals surface area contributed by atoms with Crippen LogP contribution in [-0.2, 0) is 7.05 Å². The van der Waals surface area contributed by atoms with E-state index in [1.807, 2.05) is 18.5 Å². The van der Waals surface area contributed by atoms with Crippen molar-refractivity contribution >= 4 is 23.4 Å². The monoisotopic (exact) mass is 241 g/mol. The molecule has 15 heavy (non-hydrogen) atoms. The van der Waals surface area contributed by atoms with Crippen LogP contribution < -0.4 is 0 Å². The normalized spacial score (nSPS) is 10.6. The van der Waals surface area contributed by atoms with Crippen LogP contribution in [0.3, 0.4) is 0 Å². The average molecular weight is 242 g/mol. The summed E-state index contributed by atoms with van der Waals surface area (Å²) in [5.74, 6) is 0.859. The van der Waals surface area contributed by atoms with E-state index in [2.05, 4.69) is 20.2 Å². The minimum atomic E-state index is 0.423. The summed E-state index contributed by atoms with van der Waals surface area (Å²) in [5.41, 5.74) is 0. The highest BCUT2D eigenvalue weighted by Gasteiger charge is 2.07. The van der Waals surface area contributed by atoms with Gasteiger partial charge >= 0.3 is 0 Å². The van der Waals surface area contributed by atoms with E-state index in [0.29, 0.717) is 5.15 Å². The lowest BCUT2D eigenvalue weighted by Crippen LogP contribution is -1.93. The van der Waals surface area contributed by atoms with Gasteiger partial charge in [-0.15, -0.1) is 10.2 Å². The van der Waals surface area contributed by atoms with Crippen LogP contribution in [-0.4, -0.2) is 24.7 Å². The highest BCUT2D eigenvalue weighted by molar-refractivity contribution is 7.99.